The molecule has 0 amide bonds. The van der Waals surface area contributed by atoms with Crippen molar-refractivity contribution in [3.05, 3.63) is 63.7 Å². The molecule has 0 unspecified atom stereocenters. The average Bonchev–Trinajstić information content (AvgIpc) is 2.42. The van der Waals surface area contributed by atoms with Gasteiger partial charge in [-0.25, -0.2) is 4.39 Å². The number of hydrogen-bond acceptors (Lipinski definition) is 4. The fourth-order valence-corrected chi connectivity index (χ4v) is 1.73. The van der Waals surface area contributed by atoms with Crippen molar-refractivity contribution < 1.29 is 22.8 Å². The normalized spacial score (nSPS) is 10.7. The minimum atomic E-state index is -3.07. The number of halogens is 3. The molecule has 2 aromatic rings. The summed E-state index contributed by atoms with van der Waals surface area (Å²) in [5.74, 6) is -1.00. The quantitative estimate of drug-likeness (QED) is 0.627. The Morgan fingerprint density at radius 1 is 1.29 bits per heavy atom. The Morgan fingerprint density at radius 3 is 2.62 bits per heavy atom. The maximum Gasteiger partial charge on any atom is 0.387 e. The van der Waals surface area contributed by atoms with E-state index in [0.29, 0.717) is 5.69 Å². The van der Waals surface area contributed by atoms with Crippen LogP contribution in [0, 0.1) is 15.9 Å². The Labute approximate surface area is 117 Å². The van der Waals surface area contributed by atoms with Crippen LogP contribution in [0.4, 0.5) is 18.9 Å². The van der Waals surface area contributed by atoms with Gasteiger partial charge in [-0.3, -0.25) is 15.1 Å². The van der Waals surface area contributed by atoms with E-state index in [4.69, 9.17) is 0 Å². The van der Waals surface area contributed by atoms with Crippen LogP contribution >= 0.6 is 0 Å². The summed E-state index contributed by atoms with van der Waals surface area (Å²) < 4.78 is 42.5. The number of hydrogen-bond donors (Lipinski definition) is 0. The first-order chi connectivity index (χ1) is 9.97. The number of ether oxygens (including phenoxy) is 1. The first-order valence-electron chi connectivity index (χ1n) is 5.79. The SMILES string of the molecule is O=[N+]([O-])c1ccc(Cc2c(F)cccc2OC(F)F)nc1. The second-order valence-corrected chi connectivity index (χ2v) is 4.04. The maximum absolute atomic E-state index is 13.7. The molecule has 0 saturated heterocycles. The van der Waals surface area contributed by atoms with Crippen molar-refractivity contribution in [2.75, 3.05) is 0 Å². The van der Waals surface area contributed by atoms with Crippen LogP contribution in [0.25, 0.3) is 0 Å². The predicted octanol–water partition coefficient (Wildman–Crippen LogP) is 3.32. The van der Waals surface area contributed by atoms with Gasteiger partial charge in [0.05, 0.1) is 4.92 Å². The molecule has 1 heterocycles. The van der Waals surface area contributed by atoms with Crippen LogP contribution in [0.3, 0.4) is 0 Å². The third-order valence-electron chi connectivity index (χ3n) is 2.67. The predicted molar refractivity (Wildman–Crippen MR) is 66.7 cm³/mol. The zero-order valence-corrected chi connectivity index (χ0v) is 10.5. The number of alkyl halides is 2. The first kappa shape index (κ1) is 14.8. The van der Waals surface area contributed by atoms with Gasteiger partial charge >= 0.3 is 6.61 Å². The van der Waals surface area contributed by atoms with Crippen LogP contribution in [0.5, 0.6) is 5.75 Å². The largest absolute Gasteiger partial charge is 0.434 e. The lowest BCUT2D eigenvalue weighted by Gasteiger charge is -2.11. The topological polar surface area (TPSA) is 65.3 Å². The molecule has 0 aliphatic heterocycles. The molecule has 0 N–H and O–H groups in total. The van der Waals surface area contributed by atoms with E-state index in [1.165, 1.54) is 24.3 Å². The van der Waals surface area contributed by atoms with E-state index in [-0.39, 0.29) is 23.4 Å². The van der Waals surface area contributed by atoms with Crippen molar-refractivity contribution in [3.63, 3.8) is 0 Å². The van der Waals surface area contributed by atoms with Crippen molar-refractivity contribution in [1.29, 1.82) is 0 Å². The summed E-state index contributed by atoms with van der Waals surface area (Å²) in [6.07, 6.45) is 0.899. The number of rotatable bonds is 5. The summed E-state index contributed by atoms with van der Waals surface area (Å²) in [7, 11) is 0. The second kappa shape index (κ2) is 6.21. The summed E-state index contributed by atoms with van der Waals surface area (Å²) in [5, 5.41) is 10.5. The molecule has 2 rings (SSSR count). The van der Waals surface area contributed by atoms with E-state index < -0.39 is 17.4 Å². The Hall–Kier alpha value is -2.64. The Morgan fingerprint density at radius 2 is 2.05 bits per heavy atom. The molecular formula is C13H9F3N2O3. The third-order valence-corrected chi connectivity index (χ3v) is 2.67. The van der Waals surface area contributed by atoms with Gasteiger partial charge in [0, 0.05) is 23.7 Å². The van der Waals surface area contributed by atoms with Crippen LogP contribution in [0.2, 0.25) is 0 Å². The van der Waals surface area contributed by atoms with Crippen molar-refractivity contribution in [3.8, 4) is 5.75 Å². The van der Waals surface area contributed by atoms with Gasteiger partial charge in [0.15, 0.2) is 0 Å². The highest BCUT2D eigenvalue weighted by Crippen LogP contribution is 2.26. The van der Waals surface area contributed by atoms with E-state index in [2.05, 4.69) is 9.72 Å². The Bertz CT molecular complexity index is 648. The van der Waals surface area contributed by atoms with E-state index in [1.807, 2.05) is 0 Å². The van der Waals surface area contributed by atoms with Gasteiger partial charge in [-0.1, -0.05) is 6.07 Å². The molecule has 0 saturated carbocycles. The minimum Gasteiger partial charge on any atom is -0.434 e. The summed E-state index contributed by atoms with van der Waals surface area (Å²) in [4.78, 5) is 13.7. The van der Waals surface area contributed by atoms with Gasteiger partial charge < -0.3 is 4.74 Å². The number of aromatic nitrogens is 1. The van der Waals surface area contributed by atoms with E-state index >= 15 is 0 Å². The van der Waals surface area contributed by atoms with Crippen molar-refractivity contribution >= 4 is 5.69 Å². The van der Waals surface area contributed by atoms with Gasteiger partial charge in [0.1, 0.15) is 17.8 Å². The van der Waals surface area contributed by atoms with Crippen LogP contribution < -0.4 is 4.74 Å². The van der Waals surface area contributed by atoms with E-state index in [9.17, 15) is 23.3 Å². The smallest absolute Gasteiger partial charge is 0.387 e. The monoisotopic (exact) mass is 298 g/mol. The minimum absolute atomic E-state index is 0.0841. The highest BCUT2D eigenvalue weighted by Gasteiger charge is 2.15. The standard InChI is InChI=1S/C13H9F3N2O3/c14-11-2-1-3-12(21-13(15)16)10(11)6-8-4-5-9(7-17-8)18(19)20/h1-5,7,13H,6H2. The number of benzene rings is 1. The van der Waals surface area contributed by atoms with Gasteiger partial charge in [-0.2, -0.15) is 8.78 Å². The fraction of sp³-hybridized carbons (Fsp3) is 0.154. The molecule has 0 radical (unpaired) electrons. The first-order valence-corrected chi connectivity index (χ1v) is 5.79. The van der Waals surface area contributed by atoms with Crippen LogP contribution in [0.15, 0.2) is 36.5 Å². The van der Waals surface area contributed by atoms with Crippen molar-refractivity contribution in [2.45, 2.75) is 13.0 Å². The molecule has 1 aromatic carbocycles. The molecule has 5 nitrogen and oxygen atoms in total. The van der Waals surface area contributed by atoms with Crippen LogP contribution in [0.1, 0.15) is 11.3 Å². The third kappa shape index (κ3) is 3.68. The number of nitrogens with zero attached hydrogens (tertiary/aromatic N) is 2. The summed E-state index contributed by atoms with van der Waals surface area (Å²) in [6, 6.07) is 6.11. The summed E-state index contributed by atoms with van der Waals surface area (Å²) >= 11 is 0. The fourth-order valence-electron chi connectivity index (χ4n) is 1.73. The van der Waals surface area contributed by atoms with Gasteiger partial charge in [-0.05, 0) is 18.2 Å². The van der Waals surface area contributed by atoms with Crippen LogP contribution in [-0.4, -0.2) is 16.5 Å². The lowest BCUT2D eigenvalue weighted by atomic mass is 10.1. The molecule has 8 heteroatoms. The van der Waals surface area contributed by atoms with E-state index in [0.717, 1.165) is 12.3 Å². The Kier molecular flexibility index (Phi) is 4.36. The zero-order chi connectivity index (χ0) is 15.4. The maximum atomic E-state index is 13.7. The molecule has 0 spiro atoms. The highest BCUT2D eigenvalue weighted by molar-refractivity contribution is 5.38. The summed E-state index contributed by atoms with van der Waals surface area (Å²) in [6.45, 7) is -3.07. The molecule has 0 aliphatic carbocycles. The summed E-state index contributed by atoms with van der Waals surface area (Å²) in [5.41, 5.74) is 0.000284. The lowest BCUT2D eigenvalue weighted by Crippen LogP contribution is -2.06. The number of pyridine rings is 1. The van der Waals surface area contributed by atoms with Gasteiger partial charge in [0.25, 0.3) is 5.69 Å². The molecule has 0 atom stereocenters. The van der Waals surface area contributed by atoms with Crippen molar-refractivity contribution in [1.82, 2.24) is 4.98 Å². The molecule has 21 heavy (non-hydrogen) atoms. The molecule has 1 aromatic heterocycles. The van der Waals surface area contributed by atoms with Gasteiger partial charge in [0.2, 0.25) is 0 Å². The molecule has 110 valence electrons. The van der Waals surface area contributed by atoms with Gasteiger partial charge in [-0.15, -0.1) is 0 Å². The average molecular weight is 298 g/mol. The molecular weight excluding hydrogens is 289 g/mol. The Balaban J connectivity index is 2.28. The lowest BCUT2D eigenvalue weighted by molar-refractivity contribution is -0.385. The molecule has 0 aliphatic rings. The van der Waals surface area contributed by atoms with Crippen molar-refractivity contribution in [2.24, 2.45) is 0 Å². The zero-order valence-electron chi connectivity index (χ0n) is 10.5. The van der Waals surface area contributed by atoms with Crippen LogP contribution in [-0.2, 0) is 6.42 Å². The van der Waals surface area contributed by atoms with E-state index in [1.54, 1.807) is 0 Å². The highest BCUT2D eigenvalue weighted by atomic mass is 19.3. The molecule has 0 fully saturated rings. The second-order valence-electron chi connectivity index (χ2n) is 4.04. The number of nitro groups is 1. The molecule has 0 bridgehead atoms.